The number of rotatable bonds is 5. The van der Waals surface area contributed by atoms with Gasteiger partial charge in [0.15, 0.2) is 5.58 Å². The zero-order chi connectivity index (χ0) is 13.0. The highest BCUT2D eigenvalue weighted by molar-refractivity contribution is 5.75. The van der Waals surface area contributed by atoms with Gasteiger partial charge in [0.1, 0.15) is 0 Å². The molecule has 0 saturated heterocycles. The molecule has 0 fully saturated rings. The molecule has 1 N–H and O–H groups in total. The Morgan fingerprint density at radius 3 is 2.94 bits per heavy atom. The number of para-hydroxylation sites is 2. The van der Waals surface area contributed by atoms with Crippen molar-refractivity contribution in [1.82, 2.24) is 9.88 Å². The molecule has 1 aromatic heterocycles. The van der Waals surface area contributed by atoms with Crippen molar-refractivity contribution in [2.24, 2.45) is 0 Å². The van der Waals surface area contributed by atoms with Crippen molar-refractivity contribution < 1.29 is 9.21 Å². The molecule has 18 heavy (non-hydrogen) atoms. The number of hydrogen-bond donors (Lipinski definition) is 1. The first-order chi connectivity index (χ1) is 8.72. The minimum atomic E-state index is -0.368. The van der Waals surface area contributed by atoms with Gasteiger partial charge in [0, 0.05) is 19.5 Å². The largest absolute Gasteiger partial charge is 0.419 e. The topological polar surface area (TPSA) is 64.2 Å². The summed E-state index contributed by atoms with van der Waals surface area (Å²) in [6, 6.07) is 7.28. The van der Waals surface area contributed by atoms with Gasteiger partial charge in [0.05, 0.1) is 5.52 Å². The summed E-state index contributed by atoms with van der Waals surface area (Å²) in [6.45, 7) is 3.01. The van der Waals surface area contributed by atoms with Gasteiger partial charge in [-0.2, -0.15) is 0 Å². The molecular formula is C13H16N2O3. The van der Waals surface area contributed by atoms with Crippen molar-refractivity contribution in [2.45, 2.75) is 26.3 Å². The highest BCUT2D eigenvalue weighted by atomic mass is 16.4. The van der Waals surface area contributed by atoms with Crippen molar-refractivity contribution in [3.05, 3.63) is 34.8 Å². The number of hydrogen-bond acceptors (Lipinski definition) is 3. The minimum absolute atomic E-state index is 0.0124. The Kier molecular flexibility index (Phi) is 3.82. The number of aromatic nitrogens is 1. The van der Waals surface area contributed by atoms with Crippen LogP contribution in [0.4, 0.5) is 0 Å². The molecule has 5 heteroatoms. The second-order valence-corrected chi connectivity index (χ2v) is 4.04. The zero-order valence-electron chi connectivity index (χ0n) is 10.3. The van der Waals surface area contributed by atoms with Gasteiger partial charge in [-0.05, 0) is 25.5 Å². The van der Waals surface area contributed by atoms with E-state index < -0.39 is 0 Å². The maximum Gasteiger partial charge on any atom is 0.419 e. The van der Waals surface area contributed by atoms with E-state index in [0.29, 0.717) is 31.5 Å². The summed E-state index contributed by atoms with van der Waals surface area (Å²) in [5.74, 6) is -0.356. The van der Waals surface area contributed by atoms with Crippen LogP contribution < -0.4 is 11.1 Å². The summed E-state index contributed by atoms with van der Waals surface area (Å²) >= 11 is 0. The first kappa shape index (κ1) is 12.4. The smallest absolute Gasteiger partial charge is 0.408 e. The van der Waals surface area contributed by atoms with E-state index in [1.54, 1.807) is 10.6 Å². The number of carbonyl (C=O) groups is 1. The van der Waals surface area contributed by atoms with E-state index in [4.69, 9.17) is 4.42 Å². The molecule has 1 aromatic carbocycles. The van der Waals surface area contributed by atoms with Gasteiger partial charge >= 0.3 is 5.76 Å². The molecular weight excluding hydrogens is 232 g/mol. The fourth-order valence-corrected chi connectivity index (χ4v) is 1.91. The zero-order valence-corrected chi connectivity index (χ0v) is 10.3. The maximum absolute atomic E-state index is 11.6. The van der Waals surface area contributed by atoms with Crippen LogP contribution >= 0.6 is 0 Å². The third-order valence-corrected chi connectivity index (χ3v) is 2.73. The molecule has 1 amide bonds. The molecule has 1 heterocycles. The Morgan fingerprint density at radius 2 is 2.17 bits per heavy atom. The van der Waals surface area contributed by atoms with Crippen LogP contribution in [0.25, 0.3) is 11.1 Å². The lowest BCUT2D eigenvalue weighted by Crippen LogP contribution is -2.23. The Balaban J connectivity index is 2.06. The van der Waals surface area contributed by atoms with E-state index >= 15 is 0 Å². The number of aryl methyl sites for hydroxylation is 1. The normalized spacial score (nSPS) is 10.7. The summed E-state index contributed by atoms with van der Waals surface area (Å²) in [7, 11) is 0. The molecule has 0 atom stereocenters. The van der Waals surface area contributed by atoms with E-state index in [0.717, 1.165) is 5.52 Å². The van der Waals surface area contributed by atoms with Gasteiger partial charge in [-0.1, -0.05) is 12.1 Å². The Morgan fingerprint density at radius 1 is 1.39 bits per heavy atom. The quantitative estimate of drug-likeness (QED) is 0.872. The third kappa shape index (κ3) is 2.61. The summed E-state index contributed by atoms with van der Waals surface area (Å²) in [5.41, 5.74) is 1.36. The summed E-state index contributed by atoms with van der Waals surface area (Å²) < 4.78 is 6.67. The highest BCUT2D eigenvalue weighted by Gasteiger charge is 2.08. The van der Waals surface area contributed by atoms with Crippen molar-refractivity contribution in [1.29, 1.82) is 0 Å². The highest BCUT2D eigenvalue weighted by Crippen LogP contribution is 2.12. The van der Waals surface area contributed by atoms with Crippen molar-refractivity contribution in [3.63, 3.8) is 0 Å². The van der Waals surface area contributed by atoms with Crippen molar-refractivity contribution in [2.75, 3.05) is 6.54 Å². The maximum atomic E-state index is 11.6. The average molecular weight is 248 g/mol. The first-order valence-electron chi connectivity index (χ1n) is 6.07. The predicted octanol–water partition coefficient (Wildman–Crippen LogP) is 1.51. The molecule has 0 aliphatic heterocycles. The van der Waals surface area contributed by atoms with Crippen LogP contribution in [-0.4, -0.2) is 17.0 Å². The summed E-state index contributed by atoms with van der Waals surface area (Å²) in [5, 5.41) is 2.73. The van der Waals surface area contributed by atoms with Crippen LogP contribution in [0, 0.1) is 0 Å². The number of oxazole rings is 1. The van der Waals surface area contributed by atoms with E-state index in [1.807, 2.05) is 25.1 Å². The van der Waals surface area contributed by atoms with Gasteiger partial charge in [-0.3, -0.25) is 9.36 Å². The SMILES string of the molecule is CCNC(=O)CCCn1c(=O)oc2ccccc21. The van der Waals surface area contributed by atoms with Crippen LogP contribution in [0.15, 0.2) is 33.5 Å². The molecule has 5 nitrogen and oxygen atoms in total. The Hall–Kier alpha value is -2.04. The molecule has 0 bridgehead atoms. The fourth-order valence-electron chi connectivity index (χ4n) is 1.91. The molecule has 2 rings (SSSR count). The van der Waals surface area contributed by atoms with Gasteiger partial charge in [-0.25, -0.2) is 4.79 Å². The van der Waals surface area contributed by atoms with E-state index in [1.165, 1.54) is 0 Å². The molecule has 0 radical (unpaired) electrons. The number of fused-ring (bicyclic) bond motifs is 1. The second-order valence-electron chi connectivity index (χ2n) is 4.04. The molecule has 96 valence electrons. The lowest BCUT2D eigenvalue weighted by Gasteiger charge is -2.03. The summed E-state index contributed by atoms with van der Waals surface area (Å²) in [4.78, 5) is 22.9. The Bertz CT molecular complexity index is 598. The number of carbonyl (C=O) groups excluding carboxylic acids is 1. The van der Waals surface area contributed by atoms with E-state index in [9.17, 15) is 9.59 Å². The summed E-state index contributed by atoms with van der Waals surface area (Å²) in [6.07, 6.45) is 1.04. The van der Waals surface area contributed by atoms with Gasteiger partial charge < -0.3 is 9.73 Å². The monoisotopic (exact) mass is 248 g/mol. The predicted molar refractivity (Wildman–Crippen MR) is 68.4 cm³/mol. The minimum Gasteiger partial charge on any atom is -0.408 e. The van der Waals surface area contributed by atoms with Crippen LogP contribution in [0.1, 0.15) is 19.8 Å². The standard InChI is InChI=1S/C13H16N2O3/c1-2-14-12(16)8-5-9-15-10-6-3-4-7-11(10)18-13(15)17/h3-4,6-7H,2,5,8-9H2,1H3,(H,14,16). The second kappa shape index (κ2) is 5.53. The molecule has 0 aliphatic carbocycles. The average Bonchev–Trinajstić information content (AvgIpc) is 2.66. The lowest BCUT2D eigenvalue weighted by molar-refractivity contribution is -0.121. The molecule has 0 saturated carbocycles. The van der Waals surface area contributed by atoms with Gasteiger partial charge in [0.2, 0.25) is 5.91 Å². The number of nitrogens with one attached hydrogen (secondary N) is 1. The molecule has 0 aliphatic rings. The third-order valence-electron chi connectivity index (χ3n) is 2.73. The van der Waals surface area contributed by atoms with Crippen LogP contribution in [0.2, 0.25) is 0 Å². The van der Waals surface area contributed by atoms with Crippen molar-refractivity contribution >= 4 is 17.0 Å². The molecule has 2 aromatic rings. The number of benzene rings is 1. The van der Waals surface area contributed by atoms with Gasteiger partial charge in [-0.15, -0.1) is 0 Å². The molecule has 0 spiro atoms. The van der Waals surface area contributed by atoms with E-state index in [2.05, 4.69) is 5.32 Å². The number of nitrogens with zero attached hydrogens (tertiary/aromatic N) is 1. The fraction of sp³-hybridized carbons (Fsp3) is 0.385. The Labute approximate surface area is 104 Å². The van der Waals surface area contributed by atoms with Gasteiger partial charge in [0.25, 0.3) is 0 Å². The lowest BCUT2D eigenvalue weighted by atomic mass is 10.2. The van der Waals surface area contributed by atoms with Crippen LogP contribution in [0.3, 0.4) is 0 Å². The first-order valence-corrected chi connectivity index (χ1v) is 6.07. The van der Waals surface area contributed by atoms with Crippen LogP contribution in [-0.2, 0) is 11.3 Å². The van der Waals surface area contributed by atoms with E-state index in [-0.39, 0.29) is 11.7 Å². The molecule has 0 unspecified atom stereocenters. The van der Waals surface area contributed by atoms with Crippen LogP contribution in [0.5, 0.6) is 0 Å². The number of amides is 1. The van der Waals surface area contributed by atoms with Crippen molar-refractivity contribution in [3.8, 4) is 0 Å².